The third-order valence-electron chi connectivity index (χ3n) is 3.85. The van der Waals surface area contributed by atoms with Gasteiger partial charge < -0.3 is 20.9 Å². The summed E-state index contributed by atoms with van der Waals surface area (Å²) in [5, 5.41) is 12.7. The second kappa shape index (κ2) is 5.96. The molecule has 1 aromatic carbocycles. The molecular formula is C14H22N2O2. The molecule has 0 heterocycles. The second-order valence-electron chi connectivity index (χ2n) is 4.97. The van der Waals surface area contributed by atoms with Crippen LogP contribution in [0.15, 0.2) is 18.2 Å². The summed E-state index contributed by atoms with van der Waals surface area (Å²) in [6, 6.07) is 5.72. The van der Waals surface area contributed by atoms with Gasteiger partial charge in [0, 0.05) is 24.9 Å². The lowest BCUT2D eigenvalue weighted by Gasteiger charge is -2.19. The second-order valence-corrected chi connectivity index (χ2v) is 4.97. The fourth-order valence-corrected chi connectivity index (χ4v) is 2.69. The van der Waals surface area contributed by atoms with E-state index >= 15 is 0 Å². The lowest BCUT2D eigenvalue weighted by Crippen LogP contribution is -2.20. The monoisotopic (exact) mass is 250 g/mol. The number of nitrogens with two attached hydrogens (primary N) is 1. The molecule has 100 valence electrons. The van der Waals surface area contributed by atoms with Gasteiger partial charge >= 0.3 is 0 Å². The van der Waals surface area contributed by atoms with Crippen molar-refractivity contribution in [1.82, 2.24) is 0 Å². The van der Waals surface area contributed by atoms with Crippen molar-refractivity contribution in [2.75, 3.05) is 31.3 Å². The first-order valence-electron chi connectivity index (χ1n) is 6.53. The lowest BCUT2D eigenvalue weighted by molar-refractivity contribution is 0.199. The Morgan fingerprint density at radius 2 is 2.17 bits per heavy atom. The van der Waals surface area contributed by atoms with Crippen molar-refractivity contribution in [3.63, 3.8) is 0 Å². The zero-order valence-electron chi connectivity index (χ0n) is 10.9. The first-order chi connectivity index (χ1) is 8.74. The summed E-state index contributed by atoms with van der Waals surface area (Å²) < 4.78 is 5.19. The summed E-state index contributed by atoms with van der Waals surface area (Å²) in [5.74, 6) is 1.72. The van der Waals surface area contributed by atoms with Crippen molar-refractivity contribution >= 4 is 11.4 Å². The Kier molecular flexibility index (Phi) is 4.31. The van der Waals surface area contributed by atoms with Crippen LogP contribution in [0.2, 0.25) is 0 Å². The zero-order valence-corrected chi connectivity index (χ0v) is 10.9. The molecule has 2 rings (SSSR count). The van der Waals surface area contributed by atoms with E-state index in [9.17, 15) is 5.11 Å². The number of aliphatic hydroxyl groups is 1. The van der Waals surface area contributed by atoms with Crippen LogP contribution in [0.1, 0.15) is 19.3 Å². The number of anilines is 2. The first kappa shape index (κ1) is 13.0. The van der Waals surface area contributed by atoms with Gasteiger partial charge in [0.05, 0.1) is 12.8 Å². The highest BCUT2D eigenvalue weighted by Gasteiger charge is 2.26. The molecule has 0 bridgehead atoms. The Bertz CT molecular complexity index is 395. The predicted molar refractivity (Wildman–Crippen MR) is 73.8 cm³/mol. The normalized spacial score (nSPS) is 23.0. The Labute approximate surface area is 108 Å². The minimum absolute atomic E-state index is 0.303. The van der Waals surface area contributed by atoms with E-state index in [2.05, 4.69) is 5.32 Å². The molecule has 1 aromatic rings. The molecule has 1 saturated carbocycles. The maximum Gasteiger partial charge on any atom is 0.143 e. The lowest BCUT2D eigenvalue weighted by atomic mass is 9.97. The average Bonchev–Trinajstić information content (AvgIpc) is 2.85. The van der Waals surface area contributed by atoms with Crippen molar-refractivity contribution in [2.45, 2.75) is 19.3 Å². The van der Waals surface area contributed by atoms with Crippen molar-refractivity contribution in [2.24, 2.45) is 11.8 Å². The molecule has 4 N–H and O–H groups in total. The van der Waals surface area contributed by atoms with E-state index in [-0.39, 0.29) is 0 Å². The molecule has 0 aromatic heterocycles. The van der Waals surface area contributed by atoms with E-state index in [1.165, 1.54) is 12.8 Å². The summed E-state index contributed by atoms with van der Waals surface area (Å²) in [6.45, 7) is 1.20. The van der Waals surface area contributed by atoms with Gasteiger partial charge in [-0.15, -0.1) is 0 Å². The van der Waals surface area contributed by atoms with Crippen LogP contribution in [0.4, 0.5) is 11.4 Å². The summed E-state index contributed by atoms with van der Waals surface area (Å²) in [4.78, 5) is 0. The molecule has 18 heavy (non-hydrogen) atoms. The maximum absolute atomic E-state index is 9.29. The Hall–Kier alpha value is -1.42. The molecular weight excluding hydrogens is 228 g/mol. The van der Waals surface area contributed by atoms with Crippen LogP contribution >= 0.6 is 0 Å². The number of nitrogen functional groups attached to an aromatic ring is 1. The van der Waals surface area contributed by atoms with Gasteiger partial charge in [-0.05, 0) is 36.8 Å². The van der Waals surface area contributed by atoms with E-state index in [0.29, 0.717) is 29.9 Å². The number of hydrogen-bond donors (Lipinski definition) is 3. The van der Waals surface area contributed by atoms with Gasteiger partial charge in [0.2, 0.25) is 0 Å². The molecule has 1 aliphatic rings. The number of hydrogen-bond acceptors (Lipinski definition) is 4. The molecule has 4 heteroatoms. The SMILES string of the molecule is COc1cc(NCC2CCCC2CO)ccc1N. The minimum Gasteiger partial charge on any atom is -0.495 e. The quantitative estimate of drug-likeness (QED) is 0.700. The molecule has 1 aliphatic carbocycles. The van der Waals surface area contributed by atoms with E-state index < -0.39 is 0 Å². The van der Waals surface area contributed by atoms with Crippen molar-refractivity contribution in [3.8, 4) is 5.75 Å². The van der Waals surface area contributed by atoms with Crippen LogP contribution in [-0.2, 0) is 0 Å². The molecule has 0 amide bonds. The Morgan fingerprint density at radius 1 is 1.39 bits per heavy atom. The van der Waals surface area contributed by atoms with E-state index in [0.717, 1.165) is 18.7 Å². The van der Waals surface area contributed by atoms with Crippen LogP contribution in [0, 0.1) is 11.8 Å². The van der Waals surface area contributed by atoms with Crippen molar-refractivity contribution < 1.29 is 9.84 Å². The van der Waals surface area contributed by atoms with Crippen LogP contribution in [-0.4, -0.2) is 25.4 Å². The van der Waals surface area contributed by atoms with Gasteiger partial charge in [-0.1, -0.05) is 6.42 Å². The third kappa shape index (κ3) is 2.88. The highest BCUT2D eigenvalue weighted by atomic mass is 16.5. The zero-order chi connectivity index (χ0) is 13.0. The smallest absolute Gasteiger partial charge is 0.143 e. The number of aliphatic hydroxyl groups excluding tert-OH is 1. The molecule has 2 atom stereocenters. The largest absolute Gasteiger partial charge is 0.495 e. The van der Waals surface area contributed by atoms with Gasteiger partial charge in [-0.25, -0.2) is 0 Å². The number of methoxy groups -OCH3 is 1. The molecule has 0 saturated heterocycles. The number of ether oxygens (including phenoxy) is 1. The van der Waals surface area contributed by atoms with Gasteiger partial charge in [-0.3, -0.25) is 0 Å². The van der Waals surface area contributed by atoms with Crippen LogP contribution in [0.3, 0.4) is 0 Å². The summed E-state index contributed by atoms with van der Waals surface area (Å²) in [5.41, 5.74) is 7.44. The van der Waals surface area contributed by atoms with Gasteiger partial charge in [0.15, 0.2) is 0 Å². The summed E-state index contributed by atoms with van der Waals surface area (Å²) >= 11 is 0. The number of rotatable bonds is 5. The van der Waals surface area contributed by atoms with Gasteiger partial charge in [0.25, 0.3) is 0 Å². The van der Waals surface area contributed by atoms with Crippen LogP contribution in [0.5, 0.6) is 5.75 Å². The molecule has 2 unspecified atom stereocenters. The summed E-state index contributed by atoms with van der Waals surface area (Å²) in [6.07, 6.45) is 3.57. The molecule has 0 radical (unpaired) electrons. The standard InChI is InChI=1S/C14H22N2O2/c1-18-14-7-12(5-6-13(14)15)16-8-10-3-2-4-11(10)9-17/h5-7,10-11,16-17H,2-4,8-9,15H2,1H3. The number of benzene rings is 1. The maximum atomic E-state index is 9.29. The fraction of sp³-hybridized carbons (Fsp3) is 0.571. The third-order valence-corrected chi connectivity index (χ3v) is 3.85. The van der Waals surface area contributed by atoms with E-state index in [1.807, 2.05) is 18.2 Å². The van der Waals surface area contributed by atoms with E-state index in [4.69, 9.17) is 10.5 Å². The van der Waals surface area contributed by atoms with Crippen molar-refractivity contribution in [1.29, 1.82) is 0 Å². The Morgan fingerprint density at radius 3 is 2.89 bits per heavy atom. The fourth-order valence-electron chi connectivity index (χ4n) is 2.69. The van der Waals surface area contributed by atoms with Gasteiger partial charge in [-0.2, -0.15) is 0 Å². The highest BCUT2D eigenvalue weighted by Crippen LogP contribution is 2.32. The van der Waals surface area contributed by atoms with Gasteiger partial charge in [0.1, 0.15) is 5.75 Å². The topological polar surface area (TPSA) is 67.5 Å². The van der Waals surface area contributed by atoms with Crippen molar-refractivity contribution in [3.05, 3.63) is 18.2 Å². The van der Waals surface area contributed by atoms with Crippen LogP contribution < -0.4 is 15.8 Å². The van der Waals surface area contributed by atoms with E-state index in [1.54, 1.807) is 7.11 Å². The first-order valence-corrected chi connectivity index (χ1v) is 6.53. The molecule has 1 fully saturated rings. The molecule has 4 nitrogen and oxygen atoms in total. The summed E-state index contributed by atoms with van der Waals surface area (Å²) in [7, 11) is 1.62. The Balaban J connectivity index is 1.93. The predicted octanol–water partition coefficient (Wildman–Crippen LogP) is 2.10. The highest BCUT2D eigenvalue weighted by molar-refractivity contribution is 5.61. The molecule has 0 spiro atoms. The molecule has 0 aliphatic heterocycles. The number of nitrogens with one attached hydrogen (secondary N) is 1. The average molecular weight is 250 g/mol. The van der Waals surface area contributed by atoms with Crippen LogP contribution in [0.25, 0.3) is 0 Å². The minimum atomic E-state index is 0.303.